The van der Waals surface area contributed by atoms with Crippen LogP contribution in [-0.2, 0) is 0 Å². The number of carboxylic acids is 1. The molecule has 68 valence electrons. The van der Waals surface area contributed by atoms with Gasteiger partial charge in [0.15, 0.2) is 0 Å². The van der Waals surface area contributed by atoms with Crippen LogP contribution in [0.25, 0.3) is 6.08 Å². The van der Waals surface area contributed by atoms with Crippen molar-refractivity contribution in [3.8, 4) is 0 Å². The molecule has 1 rings (SSSR count). The Bertz CT molecular complexity index is 327. The average molecular weight is 176 g/mol. The first kappa shape index (κ1) is 9.52. The summed E-state index contributed by atoms with van der Waals surface area (Å²) in [6, 6.07) is 6.89. The highest BCUT2D eigenvalue weighted by atomic mass is 16.4. The maximum Gasteiger partial charge on any atom is 0.335 e. The van der Waals surface area contributed by atoms with Gasteiger partial charge in [-0.3, -0.25) is 0 Å². The van der Waals surface area contributed by atoms with E-state index in [-0.39, 0.29) is 0 Å². The minimum Gasteiger partial charge on any atom is -0.478 e. The Hall–Kier alpha value is -1.57. The topological polar surface area (TPSA) is 37.3 Å². The quantitative estimate of drug-likeness (QED) is 0.768. The van der Waals surface area contributed by atoms with Gasteiger partial charge in [-0.05, 0) is 24.1 Å². The Morgan fingerprint density at radius 3 is 2.92 bits per heavy atom. The number of rotatable bonds is 3. The Balaban J connectivity index is 2.92. The van der Waals surface area contributed by atoms with Crippen molar-refractivity contribution in [2.24, 2.45) is 0 Å². The van der Waals surface area contributed by atoms with Gasteiger partial charge < -0.3 is 5.11 Å². The number of aromatic carboxylic acids is 1. The zero-order valence-corrected chi connectivity index (χ0v) is 7.53. The van der Waals surface area contributed by atoms with Crippen LogP contribution in [0.5, 0.6) is 0 Å². The van der Waals surface area contributed by atoms with Gasteiger partial charge in [0.2, 0.25) is 0 Å². The van der Waals surface area contributed by atoms with Crippen LogP contribution in [0.3, 0.4) is 0 Å². The van der Waals surface area contributed by atoms with Crippen molar-refractivity contribution in [2.75, 3.05) is 0 Å². The molecule has 2 heteroatoms. The fraction of sp³-hybridized carbons (Fsp3) is 0.182. The second-order valence-corrected chi connectivity index (χ2v) is 2.74. The first-order valence-corrected chi connectivity index (χ1v) is 4.24. The smallest absolute Gasteiger partial charge is 0.335 e. The van der Waals surface area contributed by atoms with E-state index in [1.54, 1.807) is 18.2 Å². The molecule has 0 atom stereocenters. The van der Waals surface area contributed by atoms with E-state index in [2.05, 4.69) is 0 Å². The van der Waals surface area contributed by atoms with Crippen molar-refractivity contribution in [1.82, 2.24) is 0 Å². The van der Waals surface area contributed by atoms with Gasteiger partial charge in [-0.25, -0.2) is 4.79 Å². The van der Waals surface area contributed by atoms with Crippen molar-refractivity contribution in [2.45, 2.75) is 13.3 Å². The fourth-order valence-corrected chi connectivity index (χ4v) is 1.03. The fourth-order valence-electron chi connectivity index (χ4n) is 1.03. The lowest BCUT2D eigenvalue weighted by atomic mass is 10.1. The molecule has 0 aliphatic heterocycles. The normalized spacial score (nSPS) is 10.5. The molecule has 2 nitrogen and oxygen atoms in total. The summed E-state index contributed by atoms with van der Waals surface area (Å²) in [5.41, 5.74) is 1.26. The van der Waals surface area contributed by atoms with Gasteiger partial charge in [0.25, 0.3) is 0 Å². The molecular weight excluding hydrogens is 164 g/mol. The number of hydrogen-bond donors (Lipinski definition) is 1. The maximum absolute atomic E-state index is 10.6. The third-order valence-corrected chi connectivity index (χ3v) is 1.68. The summed E-state index contributed by atoms with van der Waals surface area (Å²) in [4.78, 5) is 10.6. The van der Waals surface area contributed by atoms with E-state index in [4.69, 9.17) is 5.11 Å². The molecule has 13 heavy (non-hydrogen) atoms. The molecule has 0 heterocycles. The summed E-state index contributed by atoms with van der Waals surface area (Å²) < 4.78 is 0. The SMILES string of the molecule is CC/C=C/c1cccc(C(=O)O)c1. The van der Waals surface area contributed by atoms with Crippen LogP contribution in [0.15, 0.2) is 30.3 Å². The third-order valence-electron chi connectivity index (χ3n) is 1.68. The number of carbonyl (C=O) groups is 1. The summed E-state index contributed by atoms with van der Waals surface area (Å²) in [5.74, 6) is -0.883. The lowest BCUT2D eigenvalue weighted by molar-refractivity contribution is 0.0697. The van der Waals surface area contributed by atoms with Crippen LogP contribution in [0, 0.1) is 0 Å². The largest absolute Gasteiger partial charge is 0.478 e. The minimum absolute atomic E-state index is 0.332. The van der Waals surface area contributed by atoms with Gasteiger partial charge in [-0.2, -0.15) is 0 Å². The molecule has 0 saturated heterocycles. The number of carboxylic acid groups (broad SMARTS) is 1. The van der Waals surface area contributed by atoms with Gasteiger partial charge in [-0.15, -0.1) is 0 Å². The van der Waals surface area contributed by atoms with E-state index in [0.717, 1.165) is 12.0 Å². The van der Waals surface area contributed by atoms with Gasteiger partial charge >= 0.3 is 5.97 Å². The summed E-state index contributed by atoms with van der Waals surface area (Å²) >= 11 is 0. The highest BCUT2D eigenvalue weighted by Crippen LogP contribution is 2.07. The Morgan fingerprint density at radius 2 is 2.31 bits per heavy atom. The van der Waals surface area contributed by atoms with Gasteiger partial charge in [0, 0.05) is 0 Å². The molecule has 0 bridgehead atoms. The van der Waals surface area contributed by atoms with E-state index >= 15 is 0 Å². The predicted molar refractivity (Wildman–Crippen MR) is 52.7 cm³/mol. The van der Waals surface area contributed by atoms with Gasteiger partial charge in [0.05, 0.1) is 5.56 Å². The number of hydrogen-bond acceptors (Lipinski definition) is 1. The molecule has 0 unspecified atom stereocenters. The third kappa shape index (κ3) is 2.75. The lowest BCUT2D eigenvalue weighted by Gasteiger charge is -1.95. The van der Waals surface area contributed by atoms with Gasteiger partial charge in [-0.1, -0.05) is 31.2 Å². The van der Waals surface area contributed by atoms with Crippen molar-refractivity contribution in [3.63, 3.8) is 0 Å². The van der Waals surface area contributed by atoms with Crippen LogP contribution in [-0.4, -0.2) is 11.1 Å². The first-order valence-electron chi connectivity index (χ1n) is 4.24. The zero-order valence-electron chi connectivity index (χ0n) is 7.53. The Kier molecular flexibility index (Phi) is 3.26. The summed E-state index contributed by atoms with van der Waals surface area (Å²) in [6.07, 6.45) is 4.88. The first-order chi connectivity index (χ1) is 6.24. The lowest BCUT2D eigenvalue weighted by Crippen LogP contribution is -1.95. The Morgan fingerprint density at radius 1 is 1.54 bits per heavy atom. The van der Waals surface area contributed by atoms with E-state index in [1.807, 2.05) is 25.1 Å². The Labute approximate surface area is 77.5 Å². The van der Waals surface area contributed by atoms with Crippen LogP contribution < -0.4 is 0 Å². The molecule has 1 N–H and O–H groups in total. The van der Waals surface area contributed by atoms with Crippen molar-refractivity contribution < 1.29 is 9.90 Å². The van der Waals surface area contributed by atoms with E-state index in [9.17, 15) is 4.79 Å². The van der Waals surface area contributed by atoms with Crippen LogP contribution in [0.1, 0.15) is 29.3 Å². The summed E-state index contributed by atoms with van der Waals surface area (Å²) in [7, 11) is 0. The molecule has 0 amide bonds. The summed E-state index contributed by atoms with van der Waals surface area (Å²) in [6.45, 7) is 2.04. The van der Waals surface area contributed by atoms with Crippen molar-refractivity contribution in [1.29, 1.82) is 0 Å². The highest BCUT2D eigenvalue weighted by Gasteiger charge is 2.00. The second-order valence-electron chi connectivity index (χ2n) is 2.74. The zero-order chi connectivity index (χ0) is 9.68. The minimum atomic E-state index is -0.883. The number of allylic oxidation sites excluding steroid dienone is 1. The number of benzene rings is 1. The molecule has 0 aliphatic carbocycles. The molecule has 1 aromatic rings. The van der Waals surface area contributed by atoms with E-state index in [0.29, 0.717) is 5.56 Å². The maximum atomic E-state index is 10.6. The predicted octanol–water partition coefficient (Wildman–Crippen LogP) is 2.81. The standard InChI is InChI=1S/C11H12O2/c1-2-3-5-9-6-4-7-10(8-9)11(12)13/h3-8H,2H2,1H3,(H,12,13)/b5-3+. The average Bonchev–Trinajstić information content (AvgIpc) is 2.15. The highest BCUT2D eigenvalue weighted by molar-refractivity contribution is 5.88. The molecule has 1 aromatic carbocycles. The molecule has 0 aliphatic rings. The van der Waals surface area contributed by atoms with Crippen molar-refractivity contribution >= 4 is 12.0 Å². The van der Waals surface area contributed by atoms with E-state index in [1.165, 1.54) is 0 Å². The van der Waals surface area contributed by atoms with Crippen LogP contribution in [0.2, 0.25) is 0 Å². The van der Waals surface area contributed by atoms with Crippen LogP contribution in [0.4, 0.5) is 0 Å². The molecular formula is C11H12O2. The molecule has 0 aromatic heterocycles. The van der Waals surface area contributed by atoms with E-state index < -0.39 is 5.97 Å². The molecule has 0 radical (unpaired) electrons. The summed E-state index contributed by atoms with van der Waals surface area (Å²) in [5, 5.41) is 8.71. The molecule has 0 fully saturated rings. The monoisotopic (exact) mass is 176 g/mol. The molecule has 0 saturated carbocycles. The van der Waals surface area contributed by atoms with Crippen LogP contribution >= 0.6 is 0 Å². The van der Waals surface area contributed by atoms with Crippen molar-refractivity contribution in [3.05, 3.63) is 41.5 Å². The molecule has 0 spiro atoms. The van der Waals surface area contributed by atoms with Gasteiger partial charge in [0.1, 0.15) is 0 Å². The second kappa shape index (κ2) is 4.45.